The first-order valence-corrected chi connectivity index (χ1v) is 7.45. The highest BCUT2D eigenvalue weighted by Crippen LogP contribution is 2.26. The quantitative estimate of drug-likeness (QED) is 0.788. The van der Waals surface area contributed by atoms with Crippen LogP contribution < -0.4 is 5.32 Å². The Morgan fingerprint density at radius 2 is 1.83 bits per heavy atom. The normalized spacial score (nSPS) is 10.4. The third-order valence-corrected chi connectivity index (χ3v) is 3.64. The van der Waals surface area contributed by atoms with Gasteiger partial charge in [0.25, 0.3) is 5.91 Å². The van der Waals surface area contributed by atoms with Gasteiger partial charge in [-0.3, -0.25) is 4.79 Å². The van der Waals surface area contributed by atoms with Crippen LogP contribution in [0.5, 0.6) is 0 Å². The maximum Gasteiger partial charge on any atom is 0.338 e. The van der Waals surface area contributed by atoms with Crippen molar-refractivity contribution in [3.63, 3.8) is 0 Å². The number of carbonyl (C=O) groups excluding carboxylic acids is 2. The fourth-order valence-electron chi connectivity index (χ4n) is 1.77. The fourth-order valence-corrected chi connectivity index (χ4v) is 2.28. The van der Waals surface area contributed by atoms with Gasteiger partial charge >= 0.3 is 5.97 Å². The Morgan fingerprint density at radius 3 is 2.46 bits per heavy atom. The number of anilines is 1. The molecule has 0 radical (unpaired) electrons. The largest absolute Gasteiger partial charge is 0.452 e. The van der Waals surface area contributed by atoms with Crippen LogP contribution in [-0.2, 0) is 9.53 Å². The van der Waals surface area contributed by atoms with Gasteiger partial charge in [0.1, 0.15) is 11.6 Å². The van der Waals surface area contributed by atoms with Crippen LogP contribution in [0.1, 0.15) is 15.9 Å². The monoisotopic (exact) mass is 401 g/mol. The van der Waals surface area contributed by atoms with Crippen LogP contribution >= 0.6 is 15.9 Å². The van der Waals surface area contributed by atoms with E-state index in [1.54, 1.807) is 0 Å². The average Bonchev–Trinajstić information content (AvgIpc) is 2.51. The molecule has 2 rings (SSSR count). The summed E-state index contributed by atoms with van der Waals surface area (Å²) in [4.78, 5) is 23.5. The number of benzene rings is 2. The van der Waals surface area contributed by atoms with E-state index >= 15 is 0 Å². The molecule has 0 aliphatic carbocycles. The summed E-state index contributed by atoms with van der Waals surface area (Å²) < 4.78 is 44.7. The maximum atomic E-state index is 13.6. The van der Waals surface area contributed by atoms with Crippen LogP contribution in [0.2, 0.25) is 0 Å². The lowest BCUT2D eigenvalue weighted by atomic mass is 10.1. The summed E-state index contributed by atoms with van der Waals surface area (Å²) in [5.41, 5.74) is 0.0276. The molecule has 0 atom stereocenters. The SMILES string of the molecule is Cc1ccc(C(=O)OCC(=O)Nc2c(F)cc(F)cc2Br)cc1F. The summed E-state index contributed by atoms with van der Waals surface area (Å²) in [5, 5.41) is 2.15. The van der Waals surface area contributed by atoms with E-state index in [0.717, 1.165) is 12.1 Å². The Morgan fingerprint density at radius 1 is 1.12 bits per heavy atom. The summed E-state index contributed by atoms with van der Waals surface area (Å²) in [5.74, 6) is -4.11. The number of halogens is 4. The van der Waals surface area contributed by atoms with Crippen molar-refractivity contribution >= 4 is 33.5 Å². The summed E-state index contributed by atoms with van der Waals surface area (Å²) in [7, 11) is 0. The predicted octanol–water partition coefficient (Wildman–Crippen LogP) is 3.97. The second kappa shape index (κ2) is 7.48. The number of carbonyl (C=O) groups is 2. The van der Waals surface area contributed by atoms with E-state index in [0.29, 0.717) is 11.6 Å². The van der Waals surface area contributed by atoms with Crippen molar-refractivity contribution in [1.29, 1.82) is 0 Å². The number of amides is 1. The van der Waals surface area contributed by atoms with Gasteiger partial charge in [-0.25, -0.2) is 18.0 Å². The number of hydrogen-bond donors (Lipinski definition) is 1. The van der Waals surface area contributed by atoms with Crippen LogP contribution in [0.4, 0.5) is 18.9 Å². The Hall–Kier alpha value is -2.35. The number of aryl methyl sites for hydroxylation is 1. The van der Waals surface area contributed by atoms with Crippen LogP contribution in [0.3, 0.4) is 0 Å². The highest BCUT2D eigenvalue weighted by molar-refractivity contribution is 9.10. The molecule has 1 amide bonds. The lowest BCUT2D eigenvalue weighted by Crippen LogP contribution is -2.22. The second-order valence-corrected chi connectivity index (χ2v) is 5.69. The molecule has 126 valence electrons. The first-order chi connectivity index (χ1) is 11.3. The molecule has 0 spiro atoms. The van der Waals surface area contributed by atoms with E-state index in [1.807, 2.05) is 0 Å². The number of nitrogens with one attached hydrogen (secondary N) is 1. The fraction of sp³-hybridized carbons (Fsp3) is 0.125. The summed E-state index contributed by atoms with van der Waals surface area (Å²) in [6, 6.07) is 5.32. The van der Waals surface area contributed by atoms with Gasteiger partial charge in [-0.1, -0.05) is 6.07 Å². The molecule has 0 saturated heterocycles. The zero-order chi connectivity index (χ0) is 17.9. The van der Waals surface area contributed by atoms with Gasteiger partial charge in [0.05, 0.1) is 11.3 Å². The Bertz CT molecular complexity index is 788. The van der Waals surface area contributed by atoms with Crippen molar-refractivity contribution in [3.05, 3.63) is 63.4 Å². The predicted molar refractivity (Wildman–Crippen MR) is 84.1 cm³/mol. The zero-order valence-corrected chi connectivity index (χ0v) is 13.9. The summed E-state index contributed by atoms with van der Waals surface area (Å²) in [6.07, 6.45) is 0. The second-order valence-electron chi connectivity index (χ2n) is 4.83. The van der Waals surface area contributed by atoms with Crippen molar-refractivity contribution in [3.8, 4) is 0 Å². The molecule has 8 heteroatoms. The van der Waals surface area contributed by atoms with Crippen molar-refractivity contribution < 1.29 is 27.5 Å². The van der Waals surface area contributed by atoms with E-state index in [9.17, 15) is 22.8 Å². The molecule has 0 aliphatic heterocycles. The maximum absolute atomic E-state index is 13.6. The lowest BCUT2D eigenvalue weighted by molar-refractivity contribution is -0.119. The van der Waals surface area contributed by atoms with Gasteiger partial charge in [0.15, 0.2) is 12.4 Å². The van der Waals surface area contributed by atoms with Crippen LogP contribution in [0, 0.1) is 24.4 Å². The topological polar surface area (TPSA) is 55.4 Å². The third-order valence-electron chi connectivity index (χ3n) is 3.01. The number of rotatable bonds is 4. The molecular formula is C16H11BrF3NO3. The van der Waals surface area contributed by atoms with E-state index in [2.05, 4.69) is 21.2 Å². The minimum Gasteiger partial charge on any atom is -0.452 e. The Labute approximate surface area is 143 Å². The molecule has 2 aromatic rings. The van der Waals surface area contributed by atoms with E-state index in [1.165, 1.54) is 19.1 Å². The molecule has 0 bridgehead atoms. The minimum absolute atomic E-state index is 0.000261. The van der Waals surface area contributed by atoms with Gasteiger partial charge in [-0.2, -0.15) is 0 Å². The van der Waals surface area contributed by atoms with Crippen LogP contribution in [0.25, 0.3) is 0 Å². The molecule has 0 unspecified atom stereocenters. The van der Waals surface area contributed by atoms with E-state index in [4.69, 9.17) is 4.74 Å². The highest BCUT2D eigenvalue weighted by Gasteiger charge is 2.15. The molecule has 0 aromatic heterocycles. The molecule has 0 aliphatic rings. The van der Waals surface area contributed by atoms with Crippen molar-refractivity contribution in [2.45, 2.75) is 6.92 Å². The van der Waals surface area contributed by atoms with E-state index < -0.39 is 35.9 Å². The lowest BCUT2D eigenvalue weighted by Gasteiger charge is -2.09. The Balaban J connectivity index is 1.98. The Kier molecular flexibility index (Phi) is 5.61. The minimum atomic E-state index is -0.984. The summed E-state index contributed by atoms with van der Waals surface area (Å²) >= 11 is 2.91. The smallest absolute Gasteiger partial charge is 0.338 e. The number of esters is 1. The van der Waals surface area contributed by atoms with Crippen LogP contribution in [0.15, 0.2) is 34.8 Å². The van der Waals surface area contributed by atoms with Crippen molar-refractivity contribution in [1.82, 2.24) is 0 Å². The molecule has 0 heterocycles. The van der Waals surface area contributed by atoms with Gasteiger partial charge in [0, 0.05) is 10.5 Å². The van der Waals surface area contributed by atoms with Gasteiger partial charge in [-0.15, -0.1) is 0 Å². The molecule has 24 heavy (non-hydrogen) atoms. The number of hydrogen-bond acceptors (Lipinski definition) is 3. The van der Waals surface area contributed by atoms with Gasteiger partial charge < -0.3 is 10.1 Å². The molecule has 0 saturated carbocycles. The van der Waals surface area contributed by atoms with E-state index in [-0.39, 0.29) is 15.7 Å². The first-order valence-electron chi connectivity index (χ1n) is 6.65. The van der Waals surface area contributed by atoms with Gasteiger partial charge in [0.2, 0.25) is 0 Å². The van der Waals surface area contributed by atoms with Gasteiger partial charge in [-0.05, 0) is 46.6 Å². The molecule has 4 nitrogen and oxygen atoms in total. The summed E-state index contributed by atoms with van der Waals surface area (Å²) in [6.45, 7) is 0.824. The first kappa shape index (κ1) is 18.0. The third kappa shape index (κ3) is 4.35. The molecular weight excluding hydrogens is 391 g/mol. The average molecular weight is 402 g/mol. The zero-order valence-electron chi connectivity index (χ0n) is 12.3. The van der Waals surface area contributed by atoms with Crippen molar-refractivity contribution in [2.75, 3.05) is 11.9 Å². The molecule has 2 aromatic carbocycles. The van der Waals surface area contributed by atoms with Crippen molar-refractivity contribution in [2.24, 2.45) is 0 Å². The highest BCUT2D eigenvalue weighted by atomic mass is 79.9. The van der Waals surface area contributed by atoms with Crippen LogP contribution in [-0.4, -0.2) is 18.5 Å². The molecule has 1 N–H and O–H groups in total. The standard InChI is InChI=1S/C16H11BrF3NO3/c1-8-2-3-9(4-12(8)19)16(23)24-7-14(22)21-15-11(17)5-10(18)6-13(15)20/h2-6H,7H2,1H3,(H,21,22). The number of ether oxygens (including phenoxy) is 1. The molecule has 0 fully saturated rings.